The molecule has 2 N–H and O–H groups in total. The third-order valence-corrected chi connectivity index (χ3v) is 3.71. The molecule has 2 rings (SSSR count). The van der Waals surface area contributed by atoms with E-state index in [4.69, 9.17) is 27.9 Å². The van der Waals surface area contributed by atoms with Gasteiger partial charge in [0.1, 0.15) is 24.0 Å². The molecule has 0 radical (unpaired) electrons. The second-order valence-corrected chi connectivity index (χ2v) is 6.35. The summed E-state index contributed by atoms with van der Waals surface area (Å²) in [5.41, 5.74) is -0.964. The summed E-state index contributed by atoms with van der Waals surface area (Å²) in [6.45, 7) is 2.91. The van der Waals surface area contributed by atoms with Gasteiger partial charge in [0.2, 0.25) is 0 Å². The molecule has 1 fully saturated rings. The lowest BCUT2D eigenvalue weighted by Gasteiger charge is -2.19. The summed E-state index contributed by atoms with van der Waals surface area (Å²) in [7, 11) is 0. The maximum Gasteiger partial charge on any atom is 0.325 e. The summed E-state index contributed by atoms with van der Waals surface area (Å²) >= 11 is 11.8. The molecule has 1 atom stereocenters. The van der Waals surface area contributed by atoms with Gasteiger partial charge in [-0.25, -0.2) is 4.79 Å². The molecule has 120 valence electrons. The van der Waals surface area contributed by atoms with Gasteiger partial charge >= 0.3 is 6.03 Å². The quantitative estimate of drug-likeness (QED) is 0.800. The highest BCUT2D eigenvalue weighted by atomic mass is 35.5. The molecule has 0 aliphatic carbocycles. The number of aliphatic hydroxyl groups excluding tert-OH is 1. The molecule has 0 aromatic heterocycles. The number of urea groups is 1. The van der Waals surface area contributed by atoms with Crippen molar-refractivity contribution in [2.75, 3.05) is 13.2 Å². The van der Waals surface area contributed by atoms with Crippen LogP contribution >= 0.6 is 23.2 Å². The minimum Gasteiger partial charge on any atom is -0.489 e. The number of aliphatic hydroxyl groups is 1. The van der Waals surface area contributed by atoms with Gasteiger partial charge in [-0.15, -0.1) is 0 Å². The number of carbonyl (C=O) groups excluding carboxylic acids is 2. The molecule has 1 heterocycles. The van der Waals surface area contributed by atoms with E-state index in [1.807, 2.05) is 0 Å². The van der Waals surface area contributed by atoms with E-state index in [1.54, 1.807) is 26.0 Å². The monoisotopic (exact) mass is 346 g/mol. The molecule has 1 aromatic rings. The number of nitrogens with zero attached hydrogens (tertiary/aromatic N) is 1. The van der Waals surface area contributed by atoms with E-state index in [0.29, 0.717) is 15.8 Å². The standard InChI is InChI=1S/C14H16Cl2N2O4/c1-14(2)12(20)18(13(21)17-14)6-9(19)7-22-11-5-8(15)3-4-10(11)16/h3-5,9,19H,6-7H2,1-2H3,(H,17,21). The van der Waals surface area contributed by atoms with Crippen molar-refractivity contribution in [3.63, 3.8) is 0 Å². The first kappa shape index (κ1) is 16.9. The van der Waals surface area contributed by atoms with Gasteiger partial charge in [0.15, 0.2) is 0 Å². The maximum absolute atomic E-state index is 12.0. The zero-order valence-corrected chi connectivity index (χ0v) is 13.6. The lowest BCUT2D eigenvalue weighted by Crippen LogP contribution is -2.42. The van der Waals surface area contributed by atoms with Crippen LogP contribution < -0.4 is 10.1 Å². The van der Waals surface area contributed by atoms with Crippen molar-refractivity contribution in [3.8, 4) is 5.75 Å². The van der Waals surface area contributed by atoms with Crippen LogP contribution in [0.1, 0.15) is 13.8 Å². The zero-order valence-electron chi connectivity index (χ0n) is 12.1. The fourth-order valence-corrected chi connectivity index (χ4v) is 2.36. The molecule has 22 heavy (non-hydrogen) atoms. The average molecular weight is 347 g/mol. The molecule has 0 bridgehead atoms. The van der Waals surface area contributed by atoms with Crippen molar-refractivity contribution in [3.05, 3.63) is 28.2 Å². The molecule has 0 spiro atoms. The first-order chi connectivity index (χ1) is 10.2. The van der Waals surface area contributed by atoms with Crippen molar-refractivity contribution in [2.24, 2.45) is 0 Å². The Balaban J connectivity index is 1.94. The first-order valence-corrected chi connectivity index (χ1v) is 7.36. The fourth-order valence-electron chi connectivity index (χ4n) is 2.02. The molecule has 1 aromatic carbocycles. The van der Waals surface area contributed by atoms with Crippen LogP contribution in [-0.4, -0.2) is 46.7 Å². The molecule has 1 saturated heterocycles. The molecule has 1 aliphatic rings. The Morgan fingerprint density at radius 3 is 2.64 bits per heavy atom. The van der Waals surface area contributed by atoms with Crippen LogP contribution in [0.4, 0.5) is 4.79 Å². The van der Waals surface area contributed by atoms with Gasteiger partial charge in [0.25, 0.3) is 5.91 Å². The number of β-amino-alcohol motifs (C(OH)–C–C–N with tert-alkyl or cyclic N) is 1. The van der Waals surface area contributed by atoms with Gasteiger partial charge < -0.3 is 15.2 Å². The van der Waals surface area contributed by atoms with E-state index in [1.165, 1.54) is 6.07 Å². The predicted octanol–water partition coefficient (Wildman–Crippen LogP) is 2.06. The van der Waals surface area contributed by atoms with Crippen LogP contribution in [0.3, 0.4) is 0 Å². The van der Waals surface area contributed by atoms with Crippen molar-refractivity contribution in [1.29, 1.82) is 0 Å². The number of hydrogen-bond acceptors (Lipinski definition) is 4. The Morgan fingerprint density at radius 2 is 2.05 bits per heavy atom. The maximum atomic E-state index is 12.0. The number of rotatable bonds is 5. The van der Waals surface area contributed by atoms with E-state index in [-0.39, 0.29) is 13.2 Å². The fraction of sp³-hybridized carbons (Fsp3) is 0.429. The highest BCUT2D eigenvalue weighted by Crippen LogP contribution is 2.27. The number of imide groups is 1. The Kier molecular flexibility index (Phi) is 4.84. The highest BCUT2D eigenvalue weighted by molar-refractivity contribution is 6.34. The third kappa shape index (κ3) is 3.63. The predicted molar refractivity (Wildman–Crippen MR) is 82.3 cm³/mol. The van der Waals surface area contributed by atoms with Gasteiger partial charge in [-0.2, -0.15) is 0 Å². The van der Waals surface area contributed by atoms with Gasteiger partial charge in [-0.1, -0.05) is 23.2 Å². The number of amides is 3. The molecule has 0 saturated carbocycles. The summed E-state index contributed by atoms with van der Waals surface area (Å²) in [6.07, 6.45) is -1.04. The van der Waals surface area contributed by atoms with Gasteiger partial charge in [-0.3, -0.25) is 9.69 Å². The van der Waals surface area contributed by atoms with Gasteiger partial charge in [0.05, 0.1) is 11.6 Å². The number of nitrogens with one attached hydrogen (secondary N) is 1. The second-order valence-electron chi connectivity index (χ2n) is 5.51. The minimum atomic E-state index is -1.04. The van der Waals surface area contributed by atoms with Crippen LogP contribution in [-0.2, 0) is 4.79 Å². The first-order valence-electron chi connectivity index (χ1n) is 6.61. The van der Waals surface area contributed by atoms with Gasteiger partial charge in [0, 0.05) is 11.1 Å². The molecule has 1 aliphatic heterocycles. The summed E-state index contributed by atoms with van der Waals surface area (Å²) in [5.74, 6) is -0.0666. The van der Waals surface area contributed by atoms with E-state index >= 15 is 0 Å². The smallest absolute Gasteiger partial charge is 0.325 e. The largest absolute Gasteiger partial charge is 0.489 e. The molecule has 1 unspecified atom stereocenters. The Morgan fingerprint density at radius 1 is 1.36 bits per heavy atom. The van der Waals surface area contributed by atoms with Crippen molar-refractivity contribution in [1.82, 2.24) is 10.2 Å². The topological polar surface area (TPSA) is 78.9 Å². The van der Waals surface area contributed by atoms with Crippen molar-refractivity contribution in [2.45, 2.75) is 25.5 Å². The Labute approximate surface area is 137 Å². The summed E-state index contributed by atoms with van der Waals surface area (Å²) in [4.78, 5) is 24.7. The third-order valence-electron chi connectivity index (χ3n) is 3.16. The Bertz CT molecular complexity index is 607. The molecular weight excluding hydrogens is 331 g/mol. The summed E-state index contributed by atoms with van der Waals surface area (Å²) in [5, 5.41) is 13.3. The summed E-state index contributed by atoms with van der Waals surface area (Å²) < 4.78 is 5.38. The normalized spacial score (nSPS) is 18.3. The minimum absolute atomic E-state index is 0.127. The molecule has 8 heteroatoms. The lowest BCUT2D eigenvalue weighted by molar-refractivity contribution is -0.131. The van der Waals surface area contributed by atoms with Crippen LogP contribution in [0.5, 0.6) is 5.75 Å². The summed E-state index contributed by atoms with van der Waals surface area (Å²) in [6, 6.07) is 4.18. The number of carbonyl (C=O) groups is 2. The second kappa shape index (κ2) is 6.32. The van der Waals surface area contributed by atoms with Crippen LogP contribution in [0.15, 0.2) is 18.2 Å². The van der Waals surface area contributed by atoms with Crippen molar-refractivity contribution >= 4 is 35.1 Å². The zero-order chi connectivity index (χ0) is 16.5. The van der Waals surface area contributed by atoms with Crippen LogP contribution in [0, 0.1) is 0 Å². The highest BCUT2D eigenvalue weighted by Gasteiger charge is 2.44. The van der Waals surface area contributed by atoms with Crippen molar-refractivity contribution < 1.29 is 19.4 Å². The van der Waals surface area contributed by atoms with E-state index in [0.717, 1.165) is 4.90 Å². The molecule has 6 nitrogen and oxygen atoms in total. The number of benzene rings is 1. The van der Waals surface area contributed by atoms with Crippen LogP contribution in [0.2, 0.25) is 10.0 Å². The average Bonchev–Trinajstić information content (AvgIpc) is 2.62. The van der Waals surface area contributed by atoms with E-state index in [2.05, 4.69) is 5.32 Å². The van der Waals surface area contributed by atoms with E-state index in [9.17, 15) is 14.7 Å². The SMILES string of the molecule is CC1(C)NC(=O)N(CC(O)COc2cc(Cl)ccc2Cl)C1=O. The Hall–Kier alpha value is -1.50. The van der Waals surface area contributed by atoms with E-state index < -0.39 is 23.6 Å². The number of hydrogen-bond donors (Lipinski definition) is 2. The lowest BCUT2D eigenvalue weighted by atomic mass is 10.1. The number of halogens is 2. The van der Waals surface area contributed by atoms with Crippen LogP contribution in [0.25, 0.3) is 0 Å². The number of ether oxygens (including phenoxy) is 1. The molecular formula is C14H16Cl2N2O4. The van der Waals surface area contributed by atoms with Gasteiger partial charge in [-0.05, 0) is 26.0 Å². The molecule has 3 amide bonds.